The summed E-state index contributed by atoms with van der Waals surface area (Å²) in [4.78, 5) is 9.46. The van der Waals surface area contributed by atoms with Crippen molar-refractivity contribution in [3.05, 3.63) is 29.8 Å². The van der Waals surface area contributed by atoms with Gasteiger partial charge in [0, 0.05) is 58.5 Å². The van der Waals surface area contributed by atoms with Gasteiger partial charge in [-0.15, -0.1) is 0 Å². The predicted octanol–water partition coefficient (Wildman–Crippen LogP) is 2.61. The van der Waals surface area contributed by atoms with Gasteiger partial charge in [0.05, 0.1) is 13.2 Å². The zero-order chi connectivity index (χ0) is 21.9. The number of rotatable bonds is 10. The summed E-state index contributed by atoms with van der Waals surface area (Å²) >= 11 is 0. The predicted molar refractivity (Wildman–Crippen MR) is 125 cm³/mol. The molecule has 2 heterocycles. The second kappa shape index (κ2) is 12.9. The van der Waals surface area contributed by atoms with Crippen LogP contribution >= 0.6 is 0 Å². The number of aliphatic imine (C=N–C) groups is 1. The minimum atomic E-state index is 0.588. The molecule has 0 saturated carbocycles. The van der Waals surface area contributed by atoms with Gasteiger partial charge in [0.15, 0.2) is 5.96 Å². The van der Waals surface area contributed by atoms with Crippen molar-refractivity contribution in [1.82, 2.24) is 15.1 Å². The van der Waals surface area contributed by atoms with Crippen LogP contribution in [-0.4, -0.2) is 88.6 Å². The highest BCUT2D eigenvalue weighted by molar-refractivity contribution is 5.79. The lowest BCUT2D eigenvalue weighted by molar-refractivity contribution is 0.0392. The molecule has 0 aromatic heterocycles. The highest BCUT2D eigenvalue weighted by Crippen LogP contribution is 2.17. The lowest BCUT2D eigenvalue weighted by Gasteiger charge is -2.31. The number of benzene rings is 1. The van der Waals surface area contributed by atoms with Gasteiger partial charge < -0.3 is 24.4 Å². The average molecular weight is 433 g/mol. The van der Waals surface area contributed by atoms with Gasteiger partial charge in [-0.05, 0) is 50.9 Å². The van der Waals surface area contributed by atoms with E-state index in [1.165, 1.54) is 0 Å². The monoisotopic (exact) mass is 432 g/mol. The van der Waals surface area contributed by atoms with Crippen molar-refractivity contribution in [2.75, 3.05) is 66.8 Å². The van der Waals surface area contributed by atoms with E-state index in [1.807, 2.05) is 6.07 Å². The van der Waals surface area contributed by atoms with Crippen molar-refractivity contribution in [1.29, 1.82) is 0 Å². The van der Waals surface area contributed by atoms with E-state index >= 15 is 0 Å². The summed E-state index contributed by atoms with van der Waals surface area (Å²) in [5.74, 6) is 2.44. The van der Waals surface area contributed by atoms with Crippen LogP contribution in [-0.2, 0) is 16.0 Å². The van der Waals surface area contributed by atoms with Crippen molar-refractivity contribution in [2.45, 2.75) is 38.8 Å². The van der Waals surface area contributed by atoms with Crippen molar-refractivity contribution in [2.24, 2.45) is 10.9 Å². The first kappa shape index (κ1) is 23.8. The number of guanidine groups is 1. The summed E-state index contributed by atoms with van der Waals surface area (Å²) in [6, 6.07) is 8.90. The maximum atomic E-state index is 6.04. The van der Waals surface area contributed by atoms with Gasteiger partial charge >= 0.3 is 0 Å². The Labute approximate surface area is 187 Å². The molecule has 2 aliphatic rings. The summed E-state index contributed by atoms with van der Waals surface area (Å²) in [6.07, 6.45) is 3.35. The van der Waals surface area contributed by atoms with E-state index in [9.17, 15) is 0 Å². The highest BCUT2D eigenvalue weighted by atomic mass is 16.5. The topological polar surface area (TPSA) is 58.6 Å². The summed E-state index contributed by atoms with van der Waals surface area (Å²) in [5, 5.41) is 3.41. The van der Waals surface area contributed by atoms with Crippen LogP contribution in [0.3, 0.4) is 0 Å². The van der Waals surface area contributed by atoms with Crippen LogP contribution in [0.25, 0.3) is 0 Å². The summed E-state index contributed by atoms with van der Waals surface area (Å²) in [6.45, 7) is 9.65. The molecule has 1 aromatic rings. The fourth-order valence-corrected chi connectivity index (χ4v) is 4.19. The lowest BCUT2D eigenvalue weighted by atomic mass is 10.1. The summed E-state index contributed by atoms with van der Waals surface area (Å²) < 4.78 is 17.0. The van der Waals surface area contributed by atoms with E-state index in [-0.39, 0.29) is 0 Å². The minimum Gasteiger partial charge on any atom is -0.492 e. The normalized spacial score (nSPS) is 20.3. The molecule has 1 aromatic carbocycles. The van der Waals surface area contributed by atoms with Crippen molar-refractivity contribution < 1.29 is 14.2 Å². The van der Waals surface area contributed by atoms with Crippen LogP contribution in [0.1, 0.15) is 31.7 Å². The molecule has 0 spiro atoms. The third-order valence-corrected chi connectivity index (χ3v) is 6.09. The molecule has 1 atom stereocenters. The van der Waals surface area contributed by atoms with Gasteiger partial charge in [0.1, 0.15) is 12.4 Å². The summed E-state index contributed by atoms with van der Waals surface area (Å²) in [7, 11) is 4.29. The second-order valence-electron chi connectivity index (χ2n) is 8.60. The zero-order valence-electron chi connectivity index (χ0n) is 19.5. The maximum absolute atomic E-state index is 6.04. The van der Waals surface area contributed by atoms with Gasteiger partial charge in [-0.2, -0.15) is 0 Å². The number of hydrogen-bond acceptors (Lipinski definition) is 5. The molecule has 3 rings (SSSR count). The van der Waals surface area contributed by atoms with Gasteiger partial charge in [-0.3, -0.25) is 4.90 Å². The van der Waals surface area contributed by atoms with E-state index in [0.29, 0.717) is 25.1 Å². The molecule has 0 bridgehead atoms. The Hall–Kier alpha value is -1.83. The molecule has 2 fully saturated rings. The van der Waals surface area contributed by atoms with E-state index < -0.39 is 0 Å². The molecule has 2 saturated heterocycles. The molecular weight excluding hydrogens is 392 g/mol. The Balaban J connectivity index is 1.48. The molecule has 1 N–H and O–H groups in total. The van der Waals surface area contributed by atoms with Crippen LogP contribution in [0.15, 0.2) is 29.3 Å². The fraction of sp³-hybridized carbons (Fsp3) is 0.708. The summed E-state index contributed by atoms with van der Waals surface area (Å²) in [5.41, 5.74) is 1.16. The molecule has 0 radical (unpaired) electrons. The maximum Gasteiger partial charge on any atom is 0.193 e. The molecule has 0 amide bonds. The largest absolute Gasteiger partial charge is 0.492 e. The van der Waals surface area contributed by atoms with Crippen LogP contribution in [0.5, 0.6) is 5.75 Å². The first-order valence-electron chi connectivity index (χ1n) is 11.7. The van der Waals surface area contributed by atoms with Crippen molar-refractivity contribution >= 4 is 5.96 Å². The average Bonchev–Trinajstić information content (AvgIpc) is 3.30. The first-order chi connectivity index (χ1) is 15.2. The van der Waals surface area contributed by atoms with Crippen LogP contribution in [0.4, 0.5) is 0 Å². The van der Waals surface area contributed by atoms with Gasteiger partial charge in [-0.1, -0.05) is 12.1 Å². The van der Waals surface area contributed by atoms with Crippen LogP contribution < -0.4 is 10.1 Å². The second-order valence-corrected chi connectivity index (χ2v) is 8.60. The quantitative estimate of drug-likeness (QED) is 0.453. The Morgan fingerprint density at radius 3 is 2.71 bits per heavy atom. The number of hydrogen-bond donors (Lipinski definition) is 1. The SMILES string of the molecule is CCNC(=NCc1cccc(OCCN(C)C2CCOCC2)c1)N(C)CC1CCOC1. The Morgan fingerprint density at radius 2 is 1.97 bits per heavy atom. The Bertz CT molecular complexity index is 673. The molecule has 7 heteroatoms. The van der Waals surface area contributed by atoms with Gasteiger partial charge in [0.25, 0.3) is 0 Å². The van der Waals surface area contributed by atoms with E-state index in [4.69, 9.17) is 19.2 Å². The van der Waals surface area contributed by atoms with Crippen LogP contribution in [0.2, 0.25) is 0 Å². The van der Waals surface area contributed by atoms with E-state index in [2.05, 4.69) is 54.3 Å². The molecule has 0 aliphatic carbocycles. The molecule has 2 aliphatic heterocycles. The van der Waals surface area contributed by atoms with Crippen LogP contribution in [0, 0.1) is 5.92 Å². The third-order valence-electron chi connectivity index (χ3n) is 6.09. The Morgan fingerprint density at radius 1 is 1.16 bits per heavy atom. The molecule has 174 valence electrons. The van der Waals surface area contributed by atoms with Gasteiger partial charge in [0.2, 0.25) is 0 Å². The smallest absolute Gasteiger partial charge is 0.193 e. The number of nitrogens with one attached hydrogen (secondary N) is 1. The molecule has 7 nitrogen and oxygen atoms in total. The highest BCUT2D eigenvalue weighted by Gasteiger charge is 2.19. The van der Waals surface area contributed by atoms with E-state index in [1.54, 1.807) is 0 Å². The Kier molecular flexibility index (Phi) is 9.90. The van der Waals surface area contributed by atoms with E-state index in [0.717, 1.165) is 82.6 Å². The number of likely N-dealkylation sites (N-methyl/N-ethyl adjacent to an activating group) is 1. The zero-order valence-corrected chi connectivity index (χ0v) is 19.5. The van der Waals surface area contributed by atoms with Crippen molar-refractivity contribution in [3.8, 4) is 5.75 Å². The number of nitrogens with zero attached hydrogens (tertiary/aromatic N) is 3. The lowest BCUT2D eigenvalue weighted by Crippen LogP contribution is -2.41. The van der Waals surface area contributed by atoms with Crippen molar-refractivity contribution in [3.63, 3.8) is 0 Å². The first-order valence-corrected chi connectivity index (χ1v) is 11.7. The fourth-order valence-electron chi connectivity index (χ4n) is 4.19. The number of ether oxygens (including phenoxy) is 3. The molecule has 1 unspecified atom stereocenters. The molecular formula is C24H40N4O3. The third kappa shape index (κ3) is 7.98. The minimum absolute atomic E-state index is 0.588. The van der Waals surface area contributed by atoms with Gasteiger partial charge in [-0.25, -0.2) is 4.99 Å². The standard InChI is InChI=1S/C24H40N4O3/c1-4-25-24(28(3)18-21-8-12-30-19-21)26-17-20-6-5-7-23(16-20)31-15-11-27(2)22-9-13-29-14-10-22/h5-7,16,21-22H,4,8-15,17-19H2,1-3H3,(H,25,26). The molecule has 31 heavy (non-hydrogen) atoms.